The summed E-state index contributed by atoms with van der Waals surface area (Å²) in [5.74, 6) is -0.0608. The van der Waals surface area contributed by atoms with Crippen molar-refractivity contribution in [2.24, 2.45) is 0 Å². The Balaban J connectivity index is 1.61. The van der Waals surface area contributed by atoms with Gasteiger partial charge in [0, 0.05) is 50.5 Å². The Kier molecular flexibility index (Phi) is 6.36. The predicted octanol–water partition coefficient (Wildman–Crippen LogP) is 2.35. The number of rotatable bonds is 6. The van der Waals surface area contributed by atoms with Crippen LogP contribution in [-0.4, -0.2) is 53.8 Å². The van der Waals surface area contributed by atoms with E-state index in [0.717, 1.165) is 22.4 Å². The molecule has 2 aromatic heterocycles. The van der Waals surface area contributed by atoms with Crippen LogP contribution in [0.15, 0.2) is 36.0 Å². The first-order valence-corrected chi connectivity index (χ1v) is 9.65. The fraction of sp³-hybridized carbons (Fsp3) is 0.350. The van der Waals surface area contributed by atoms with E-state index in [9.17, 15) is 9.59 Å². The molecule has 3 heterocycles. The lowest BCUT2D eigenvalue weighted by Gasteiger charge is -2.29. The van der Waals surface area contributed by atoms with Gasteiger partial charge in [0.25, 0.3) is 0 Å². The summed E-state index contributed by atoms with van der Waals surface area (Å²) in [7, 11) is 3.41. The van der Waals surface area contributed by atoms with Crippen molar-refractivity contribution >= 4 is 29.2 Å². The highest BCUT2D eigenvalue weighted by molar-refractivity contribution is 7.10. The molecule has 0 atom stereocenters. The standard InChI is InChI=1S/C20H23N3O3S/c1-22(2)20(25)14-26-13-16-11-21-10-15-12-23(8-7-18(15)16)19(24)6-5-17-4-3-9-27-17/h3-6,9-11H,7-8,12-14H2,1-2H3/b6-5+. The molecule has 1 aliphatic rings. The molecular formula is C20H23N3O3S. The highest BCUT2D eigenvalue weighted by Crippen LogP contribution is 2.22. The fourth-order valence-corrected chi connectivity index (χ4v) is 3.52. The Hall–Kier alpha value is -2.51. The van der Waals surface area contributed by atoms with Crippen LogP contribution < -0.4 is 0 Å². The molecule has 2 amide bonds. The van der Waals surface area contributed by atoms with Crippen molar-refractivity contribution in [3.8, 4) is 0 Å². The summed E-state index contributed by atoms with van der Waals surface area (Å²) in [6, 6.07) is 3.95. The summed E-state index contributed by atoms with van der Waals surface area (Å²) in [4.78, 5) is 32.8. The number of likely N-dealkylation sites (N-methyl/N-ethyl adjacent to an activating group) is 1. The summed E-state index contributed by atoms with van der Waals surface area (Å²) < 4.78 is 5.54. The first kappa shape index (κ1) is 19.3. The Morgan fingerprint density at radius 3 is 2.96 bits per heavy atom. The summed E-state index contributed by atoms with van der Waals surface area (Å²) in [5, 5.41) is 1.99. The van der Waals surface area contributed by atoms with E-state index >= 15 is 0 Å². The van der Waals surface area contributed by atoms with Crippen LogP contribution in [0.3, 0.4) is 0 Å². The van der Waals surface area contributed by atoms with Crippen molar-refractivity contribution in [1.29, 1.82) is 0 Å². The minimum atomic E-state index is -0.0675. The first-order chi connectivity index (χ1) is 13.0. The van der Waals surface area contributed by atoms with Crippen LogP contribution in [-0.2, 0) is 33.9 Å². The number of fused-ring (bicyclic) bond motifs is 1. The third-order valence-corrected chi connectivity index (χ3v) is 5.29. The van der Waals surface area contributed by atoms with Crippen LogP contribution in [0.25, 0.3) is 6.08 Å². The maximum Gasteiger partial charge on any atom is 0.248 e. The monoisotopic (exact) mass is 385 g/mol. The van der Waals surface area contributed by atoms with Crippen LogP contribution in [0.2, 0.25) is 0 Å². The second kappa shape index (κ2) is 8.92. The van der Waals surface area contributed by atoms with Gasteiger partial charge < -0.3 is 14.5 Å². The number of amides is 2. The van der Waals surface area contributed by atoms with Crippen LogP contribution in [0.1, 0.15) is 21.6 Å². The molecule has 7 heteroatoms. The van der Waals surface area contributed by atoms with Crippen LogP contribution in [0.4, 0.5) is 0 Å². The van der Waals surface area contributed by atoms with E-state index in [1.807, 2.05) is 34.7 Å². The maximum absolute atomic E-state index is 12.5. The third kappa shape index (κ3) is 5.02. The first-order valence-electron chi connectivity index (χ1n) is 8.77. The Bertz CT molecular complexity index is 831. The molecule has 3 rings (SSSR count). The van der Waals surface area contributed by atoms with E-state index in [2.05, 4.69) is 4.98 Å². The van der Waals surface area contributed by atoms with Gasteiger partial charge in [-0.15, -0.1) is 11.3 Å². The van der Waals surface area contributed by atoms with Crippen molar-refractivity contribution < 1.29 is 14.3 Å². The zero-order valence-corrected chi connectivity index (χ0v) is 16.4. The molecule has 0 saturated heterocycles. The van der Waals surface area contributed by atoms with Crippen LogP contribution in [0, 0.1) is 0 Å². The van der Waals surface area contributed by atoms with Crippen molar-refractivity contribution in [2.45, 2.75) is 19.6 Å². The zero-order chi connectivity index (χ0) is 19.2. The lowest BCUT2D eigenvalue weighted by molar-refractivity contribution is -0.134. The number of carbonyl (C=O) groups excluding carboxylic acids is 2. The number of ether oxygens (including phenoxy) is 1. The van der Waals surface area contributed by atoms with Gasteiger partial charge in [-0.25, -0.2) is 0 Å². The van der Waals surface area contributed by atoms with Crippen LogP contribution in [0.5, 0.6) is 0 Å². The van der Waals surface area contributed by atoms with Gasteiger partial charge in [0.1, 0.15) is 6.61 Å². The lowest BCUT2D eigenvalue weighted by Crippen LogP contribution is -2.35. The minimum absolute atomic E-state index is 0.00674. The molecule has 6 nitrogen and oxygen atoms in total. The van der Waals surface area contributed by atoms with E-state index in [1.165, 1.54) is 10.5 Å². The van der Waals surface area contributed by atoms with E-state index in [4.69, 9.17) is 4.74 Å². The highest BCUT2D eigenvalue weighted by atomic mass is 32.1. The second-order valence-electron chi connectivity index (χ2n) is 6.58. The van der Waals surface area contributed by atoms with Crippen molar-refractivity contribution in [3.63, 3.8) is 0 Å². The fourth-order valence-electron chi connectivity index (χ4n) is 2.90. The second-order valence-corrected chi connectivity index (χ2v) is 7.56. The highest BCUT2D eigenvalue weighted by Gasteiger charge is 2.21. The smallest absolute Gasteiger partial charge is 0.248 e. The number of pyridine rings is 1. The normalized spacial score (nSPS) is 13.6. The topological polar surface area (TPSA) is 62.7 Å². The van der Waals surface area contributed by atoms with Gasteiger partial charge in [-0.1, -0.05) is 6.07 Å². The number of hydrogen-bond donors (Lipinski definition) is 0. The van der Waals surface area contributed by atoms with Gasteiger partial charge in [0.05, 0.1) is 6.61 Å². The third-order valence-electron chi connectivity index (χ3n) is 4.46. The van der Waals surface area contributed by atoms with Gasteiger partial charge >= 0.3 is 0 Å². The largest absolute Gasteiger partial charge is 0.367 e. The van der Waals surface area contributed by atoms with E-state index in [-0.39, 0.29) is 18.4 Å². The molecule has 0 unspecified atom stereocenters. The number of aromatic nitrogens is 1. The van der Waals surface area contributed by atoms with Crippen molar-refractivity contribution in [1.82, 2.24) is 14.8 Å². The average Bonchev–Trinajstić information content (AvgIpc) is 3.19. The molecule has 0 bridgehead atoms. The zero-order valence-electron chi connectivity index (χ0n) is 15.6. The molecule has 27 heavy (non-hydrogen) atoms. The minimum Gasteiger partial charge on any atom is -0.367 e. The molecule has 2 aromatic rings. The molecular weight excluding hydrogens is 362 g/mol. The van der Waals surface area contributed by atoms with Gasteiger partial charge in [0.2, 0.25) is 11.8 Å². The number of hydrogen-bond acceptors (Lipinski definition) is 5. The van der Waals surface area contributed by atoms with E-state index in [0.29, 0.717) is 19.7 Å². The Morgan fingerprint density at radius 2 is 2.22 bits per heavy atom. The molecule has 142 valence electrons. The lowest BCUT2D eigenvalue weighted by atomic mass is 9.97. The number of thiophene rings is 1. The van der Waals surface area contributed by atoms with E-state index < -0.39 is 0 Å². The summed E-state index contributed by atoms with van der Waals surface area (Å²) in [5.41, 5.74) is 3.20. The molecule has 0 spiro atoms. The van der Waals surface area contributed by atoms with Crippen molar-refractivity contribution in [3.05, 3.63) is 57.6 Å². The van der Waals surface area contributed by atoms with E-state index in [1.54, 1.807) is 37.7 Å². The maximum atomic E-state index is 12.5. The SMILES string of the molecule is CN(C)C(=O)COCc1cncc2c1CCN(C(=O)/C=C/c1cccs1)C2. The summed E-state index contributed by atoms with van der Waals surface area (Å²) >= 11 is 1.60. The molecule has 1 aliphatic heterocycles. The summed E-state index contributed by atoms with van der Waals surface area (Å²) in [6.45, 7) is 1.60. The predicted molar refractivity (Wildman–Crippen MR) is 105 cm³/mol. The number of nitrogens with zero attached hydrogens (tertiary/aromatic N) is 3. The molecule has 0 radical (unpaired) electrons. The van der Waals surface area contributed by atoms with Crippen molar-refractivity contribution in [2.75, 3.05) is 27.2 Å². The molecule has 0 aromatic carbocycles. The molecule has 0 N–H and O–H groups in total. The van der Waals surface area contributed by atoms with Crippen LogP contribution >= 0.6 is 11.3 Å². The van der Waals surface area contributed by atoms with Gasteiger partial charge in [-0.2, -0.15) is 0 Å². The quantitative estimate of drug-likeness (QED) is 0.716. The Labute approximate surface area is 163 Å². The van der Waals surface area contributed by atoms with Gasteiger partial charge in [0.15, 0.2) is 0 Å². The average molecular weight is 385 g/mol. The summed E-state index contributed by atoms with van der Waals surface area (Å²) in [6.07, 6.45) is 7.84. The van der Waals surface area contributed by atoms with Gasteiger partial charge in [-0.3, -0.25) is 14.6 Å². The molecule has 0 saturated carbocycles. The number of carbonyl (C=O) groups is 2. The van der Waals surface area contributed by atoms with Gasteiger partial charge in [-0.05, 0) is 40.6 Å². The molecule has 0 fully saturated rings. The Morgan fingerprint density at radius 1 is 1.37 bits per heavy atom. The molecule has 0 aliphatic carbocycles.